The number of sulfonamides is 1. The summed E-state index contributed by atoms with van der Waals surface area (Å²) in [5.41, 5.74) is 3.52. The highest BCUT2D eigenvalue weighted by Crippen LogP contribution is 2.24. The van der Waals surface area contributed by atoms with Crippen LogP contribution in [0.1, 0.15) is 40.0 Å². The average Bonchev–Trinajstić information content (AvgIpc) is 2.56. The van der Waals surface area contributed by atoms with E-state index in [-0.39, 0.29) is 22.4 Å². The van der Waals surface area contributed by atoms with Crippen LogP contribution < -0.4 is 5.32 Å². The molecule has 2 rings (SSSR count). The number of rotatable bonds is 5. The van der Waals surface area contributed by atoms with Gasteiger partial charge in [0.15, 0.2) is 0 Å². The number of benzene rings is 2. The summed E-state index contributed by atoms with van der Waals surface area (Å²) in [4.78, 5) is 12.8. The Morgan fingerprint density at radius 1 is 1.12 bits per heavy atom. The van der Waals surface area contributed by atoms with Gasteiger partial charge in [0.2, 0.25) is 10.0 Å². The summed E-state index contributed by atoms with van der Waals surface area (Å²) in [5, 5.41) is 2.95. The first-order valence-electron chi connectivity index (χ1n) is 8.14. The first-order chi connectivity index (χ1) is 12.0. The number of hydrogen-bond donors (Lipinski definition) is 1. The van der Waals surface area contributed by atoms with Crippen LogP contribution in [0, 0.1) is 13.8 Å². The summed E-state index contributed by atoms with van der Waals surface area (Å²) in [5.74, 6) is -0.332. The average molecular weight is 439 g/mol. The van der Waals surface area contributed by atoms with E-state index in [4.69, 9.17) is 0 Å². The van der Waals surface area contributed by atoms with Crippen LogP contribution in [0.25, 0.3) is 0 Å². The van der Waals surface area contributed by atoms with Crippen molar-refractivity contribution < 1.29 is 13.2 Å². The minimum Gasteiger partial charge on any atom is -0.345 e. The molecule has 0 aromatic heterocycles. The second-order valence-electron chi connectivity index (χ2n) is 6.48. The Balaban J connectivity index is 2.34. The van der Waals surface area contributed by atoms with Gasteiger partial charge in [-0.15, -0.1) is 0 Å². The fourth-order valence-corrected chi connectivity index (χ4v) is 3.98. The Kier molecular flexibility index (Phi) is 6.26. The van der Waals surface area contributed by atoms with Gasteiger partial charge in [0.1, 0.15) is 0 Å². The van der Waals surface area contributed by atoms with Crippen LogP contribution in [-0.2, 0) is 10.0 Å². The molecule has 2 aromatic rings. The molecule has 0 bridgehead atoms. The highest BCUT2D eigenvalue weighted by Gasteiger charge is 2.21. The van der Waals surface area contributed by atoms with Gasteiger partial charge in [-0.3, -0.25) is 4.79 Å². The Labute approximate surface area is 163 Å². The standard InChI is InChI=1S/C19H23BrN2O3S/c1-12-6-7-13(2)16(10-12)14(3)21-19(23)17-11-15(8-9-18(17)20)26(24,25)22(4)5/h6-11,14H,1-5H3,(H,21,23)/t14-/m1/s1. The molecule has 0 heterocycles. The van der Waals surface area contributed by atoms with Gasteiger partial charge in [0, 0.05) is 18.6 Å². The van der Waals surface area contributed by atoms with Gasteiger partial charge in [-0.2, -0.15) is 0 Å². The lowest BCUT2D eigenvalue weighted by Gasteiger charge is -2.18. The number of carbonyl (C=O) groups is 1. The molecule has 0 aliphatic rings. The van der Waals surface area contributed by atoms with Crippen LogP contribution in [-0.4, -0.2) is 32.7 Å². The SMILES string of the molecule is Cc1ccc(C)c([C@@H](C)NC(=O)c2cc(S(=O)(=O)N(C)C)ccc2Br)c1. The van der Waals surface area contributed by atoms with Gasteiger partial charge in [-0.1, -0.05) is 23.8 Å². The van der Waals surface area contributed by atoms with Crippen molar-refractivity contribution in [3.63, 3.8) is 0 Å². The molecule has 0 aliphatic carbocycles. The maximum absolute atomic E-state index is 12.7. The van der Waals surface area contributed by atoms with E-state index in [9.17, 15) is 13.2 Å². The summed E-state index contributed by atoms with van der Waals surface area (Å²) in [6.07, 6.45) is 0. The number of nitrogens with zero attached hydrogens (tertiary/aromatic N) is 1. The predicted molar refractivity (Wildman–Crippen MR) is 107 cm³/mol. The monoisotopic (exact) mass is 438 g/mol. The van der Waals surface area contributed by atoms with Crippen molar-refractivity contribution in [2.24, 2.45) is 0 Å². The molecule has 7 heteroatoms. The largest absolute Gasteiger partial charge is 0.345 e. The van der Waals surface area contributed by atoms with Crippen LogP contribution in [0.15, 0.2) is 45.8 Å². The van der Waals surface area contributed by atoms with Crippen molar-refractivity contribution in [3.8, 4) is 0 Å². The molecule has 2 aromatic carbocycles. The Morgan fingerprint density at radius 2 is 1.77 bits per heavy atom. The zero-order valence-corrected chi connectivity index (χ0v) is 17.9. The molecule has 0 aliphatic heterocycles. The minimum atomic E-state index is -3.61. The van der Waals surface area contributed by atoms with Crippen LogP contribution in [0.5, 0.6) is 0 Å². The molecule has 1 amide bonds. The van der Waals surface area contributed by atoms with Gasteiger partial charge in [0.05, 0.1) is 16.5 Å². The quantitative estimate of drug-likeness (QED) is 0.771. The van der Waals surface area contributed by atoms with Crippen molar-refractivity contribution in [1.82, 2.24) is 9.62 Å². The molecule has 0 radical (unpaired) electrons. The molecule has 0 unspecified atom stereocenters. The number of aryl methyl sites for hydroxylation is 2. The van der Waals surface area contributed by atoms with E-state index < -0.39 is 10.0 Å². The zero-order chi connectivity index (χ0) is 19.6. The van der Waals surface area contributed by atoms with Gasteiger partial charge >= 0.3 is 0 Å². The molecule has 1 N–H and O–H groups in total. The Hall–Kier alpha value is -1.70. The number of nitrogens with one attached hydrogen (secondary N) is 1. The normalized spacial score (nSPS) is 12.9. The molecular weight excluding hydrogens is 416 g/mol. The second-order valence-corrected chi connectivity index (χ2v) is 9.49. The molecule has 140 valence electrons. The summed E-state index contributed by atoms with van der Waals surface area (Å²) in [7, 11) is -0.694. The topological polar surface area (TPSA) is 66.5 Å². The van der Waals surface area contributed by atoms with Gasteiger partial charge < -0.3 is 5.32 Å². The number of amides is 1. The number of hydrogen-bond acceptors (Lipinski definition) is 3. The maximum Gasteiger partial charge on any atom is 0.252 e. The summed E-state index contributed by atoms with van der Waals surface area (Å²) >= 11 is 3.34. The molecule has 0 spiro atoms. The summed E-state index contributed by atoms with van der Waals surface area (Å²) in [6, 6.07) is 10.3. The molecule has 26 heavy (non-hydrogen) atoms. The highest BCUT2D eigenvalue weighted by molar-refractivity contribution is 9.10. The molecule has 0 saturated heterocycles. The van der Waals surface area contributed by atoms with Crippen molar-refractivity contribution >= 4 is 31.9 Å². The Morgan fingerprint density at radius 3 is 2.38 bits per heavy atom. The molecule has 0 saturated carbocycles. The zero-order valence-electron chi connectivity index (χ0n) is 15.5. The summed E-state index contributed by atoms with van der Waals surface area (Å²) in [6.45, 7) is 5.91. The lowest BCUT2D eigenvalue weighted by atomic mass is 10.00. The number of carbonyl (C=O) groups excluding carboxylic acids is 1. The van der Waals surface area contributed by atoms with E-state index in [1.807, 2.05) is 39.0 Å². The second kappa shape index (κ2) is 7.90. The third-order valence-electron chi connectivity index (χ3n) is 4.21. The highest BCUT2D eigenvalue weighted by atomic mass is 79.9. The van der Waals surface area contributed by atoms with E-state index >= 15 is 0 Å². The van der Waals surface area contributed by atoms with Crippen LogP contribution in [0.4, 0.5) is 0 Å². The third kappa shape index (κ3) is 4.34. The maximum atomic E-state index is 12.7. The number of halogens is 1. The lowest BCUT2D eigenvalue weighted by Crippen LogP contribution is -2.28. The van der Waals surface area contributed by atoms with E-state index in [0.717, 1.165) is 21.0 Å². The first kappa shape index (κ1) is 20.6. The van der Waals surface area contributed by atoms with Gasteiger partial charge in [-0.25, -0.2) is 12.7 Å². The van der Waals surface area contributed by atoms with Crippen molar-refractivity contribution in [2.75, 3.05) is 14.1 Å². The van der Waals surface area contributed by atoms with Gasteiger partial charge in [-0.05, 0) is 66.0 Å². The van der Waals surface area contributed by atoms with Crippen LogP contribution in [0.2, 0.25) is 0 Å². The van der Waals surface area contributed by atoms with Crippen LogP contribution in [0.3, 0.4) is 0 Å². The first-order valence-corrected chi connectivity index (χ1v) is 10.4. The van der Waals surface area contributed by atoms with Crippen LogP contribution >= 0.6 is 15.9 Å². The van der Waals surface area contributed by atoms with Crippen molar-refractivity contribution in [2.45, 2.75) is 31.7 Å². The van der Waals surface area contributed by atoms with Gasteiger partial charge in [0.25, 0.3) is 5.91 Å². The molecular formula is C19H23BrN2O3S. The third-order valence-corrected chi connectivity index (χ3v) is 6.71. The fourth-order valence-electron chi connectivity index (χ4n) is 2.63. The molecule has 5 nitrogen and oxygen atoms in total. The molecule has 0 fully saturated rings. The predicted octanol–water partition coefficient (Wildman–Crippen LogP) is 3.81. The smallest absolute Gasteiger partial charge is 0.252 e. The van der Waals surface area contributed by atoms with E-state index in [1.165, 1.54) is 26.2 Å². The van der Waals surface area contributed by atoms with Crippen molar-refractivity contribution in [3.05, 3.63) is 63.1 Å². The van der Waals surface area contributed by atoms with Crippen molar-refractivity contribution in [1.29, 1.82) is 0 Å². The minimum absolute atomic E-state index is 0.0789. The molecule has 1 atom stereocenters. The van der Waals surface area contributed by atoms with E-state index in [2.05, 4.69) is 21.2 Å². The Bertz CT molecular complexity index is 940. The lowest BCUT2D eigenvalue weighted by molar-refractivity contribution is 0.0939. The fraction of sp³-hybridized carbons (Fsp3) is 0.316. The summed E-state index contributed by atoms with van der Waals surface area (Å²) < 4.78 is 26.3. The van der Waals surface area contributed by atoms with E-state index in [0.29, 0.717) is 4.47 Å². The van der Waals surface area contributed by atoms with E-state index in [1.54, 1.807) is 6.07 Å².